The predicted octanol–water partition coefficient (Wildman–Crippen LogP) is 5.90. The minimum Gasteiger partial charge on any atom is -0.237 e. The van der Waals surface area contributed by atoms with Crippen molar-refractivity contribution < 1.29 is 3.63 Å². The Labute approximate surface area is 132 Å². The molecule has 0 radical (unpaired) electrons. The topological polar surface area (TPSA) is 9.23 Å². The summed E-state index contributed by atoms with van der Waals surface area (Å²) in [5.74, 6) is 1.07. The summed E-state index contributed by atoms with van der Waals surface area (Å²) < 4.78 is 5.52. The fourth-order valence-corrected chi connectivity index (χ4v) is 2.98. The Morgan fingerprint density at radius 1 is 0.684 bits per heavy atom. The van der Waals surface area contributed by atoms with Gasteiger partial charge < -0.3 is 0 Å². The van der Waals surface area contributed by atoms with Crippen molar-refractivity contribution in [3.63, 3.8) is 0 Å². The fourth-order valence-electron chi connectivity index (χ4n) is 1.36. The molecule has 0 saturated carbocycles. The SMILES string of the molecule is ClCc1ccc(SOSc2ccc(CCl)cc2)cc1. The van der Waals surface area contributed by atoms with Crippen LogP contribution in [0.15, 0.2) is 58.3 Å². The van der Waals surface area contributed by atoms with Crippen LogP contribution in [0.1, 0.15) is 11.1 Å². The van der Waals surface area contributed by atoms with Gasteiger partial charge in [0.25, 0.3) is 0 Å². The Morgan fingerprint density at radius 2 is 1.05 bits per heavy atom. The predicted molar refractivity (Wildman–Crippen MR) is 84.8 cm³/mol. The van der Waals surface area contributed by atoms with Gasteiger partial charge >= 0.3 is 0 Å². The Bertz CT molecular complexity index is 452. The lowest BCUT2D eigenvalue weighted by Gasteiger charge is -2.03. The molecule has 0 aliphatic rings. The number of alkyl halides is 2. The molecule has 100 valence electrons. The molecule has 0 bridgehead atoms. The molecule has 2 aromatic rings. The van der Waals surface area contributed by atoms with E-state index in [-0.39, 0.29) is 0 Å². The maximum Gasteiger partial charge on any atom is 0.0474 e. The van der Waals surface area contributed by atoms with E-state index in [2.05, 4.69) is 0 Å². The van der Waals surface area contributed by atoms with Crippen LogP contribution in [0.5, 0.6) is 0 Å². The third-order valence-electron chi connectivity index (χ3n) is 2.42. The van der Waals surface area contributed by atoms with Crippen LogP contribution in [-0.4, -0.2) is 0 Å². The highest BCUT2D eigenvalue weighted by molar-refractivity contribution is 8.07. The van der Waals surface area contributed by atoms with Gasteiger partial charge in [-0.3, -0.25) is 0 Å². The van der Waals surface area contributed by atoms with E-state index < -0.39 is 0 Å². The first-order valence-corrected chi connectivity index (χ1v) is 8.18. The molecule has 0 aliphatic heterocycles. The molecule has 5 heteroatoms. The van der Waals surface area contributed by atoms with Crippen LogP contribution in [0.3, 0.4) is 0 Å². The van der Waals surface area contributed by atoms with E-state index in [1.54, 1.807) is 0 Å². The summed E-state index contributed by atoms with van der Waals surface area (Å²) in [6.07, 6.45) is 0. The summed E-state index contributed by atoms with van der Waals surface area (Å²) in [6, 6.07) is 16.0. The second kappa shape index (κ2) is 8.08. The van der Waals surface area contributed by atoms with E-state index in [0.29, 0.717) is 11.8 Å². The first-order chi connectivity index (χ1) is 9.31. The highest BCUT2D eigenvalue weighted by atomic mass is 35.5. The van der Waals surface area contributed by atoms with Gasteiger partial charge in [0, 0.05) is 45.6 Å². The van der Waals surface area contributed by atoms with E-state index >= 15 is 0 Å². The summed E-state index contributed by atoms with van der Waals surface area (Å²) in [6.45, 7) is 0. The lowest BCUT2D eigenvalue weighted by Crippen LogP contribution is -1.79. The molecule has 0 fully saturated rings. The van der Waals surface area contributed by atoms with Crippen molar-refractivity contribution in [3.05, 3.63) is 59.7 Å². The minimum absolute atomic E-state index is 0.535. The molecule has 0 aliphatic carbocycles. The summed E-state index contributed by atoms with van der Waals surface area (Å²) in [4.78, 5) is 2.11. The Balaban J connectivity index is 1.81. The third kappa shape index (κ3) is 4.93. The van der Waals surface area contributed by atoms with Crippen LogP contribution in [0.2, 0.25) is 0 Å². The zero-order valence-corrected chi connectivity index (χ0v) is 13.2. The lowest BCUT2D eigenvalue weighted by molar-refractivity contribution is 0.756. The molecule has 0 unspecified atom stereocenters. The number of rotatable bonds is 6. The van der Waals surface area contributed by atoms with Gasteiger partial charge in [-0.2, -0.15) is 0 Å². The molecule has 0 N–H and O–H groups in total. The van der Waals surface area contributed by atoms with Crippen molar-refractivity contribution in [2.24, 2.45) is 0 Å². The normalized spacial score (nSPS) is 10.6. The van der Waals surface area contributed by atoms with Crippen LogP contribution in [0.25, 0.3) is 0 Å². The molecule has 0 spiro atoms. The van der Waals surface area contributed by atoms with Crippen LogP contribution in [0, 0.1) is 0 Å². The molecule has 2 aromatic carbocycles. The quantitative estimate of drug-likeness (QED) is 0.482. The number of hydrogen-bond donors (Lipinski definition) is 0. The van der Waals surface area contributed by atoms with Crippen molar-refractivity contribution in [1.82, 2.24) is 0 Å². The van der Waals surface area contributed by atoms with Crippen LogP contribution < -0.4 is 0 Å². The van der Waals surface area contributed by atoms with E-state index in [1.807, 2.05) is 48.5 Å². The van der Waals surface area contributed by atoms with Gasteiger partial charge in [0.1, 0.15) is 0 Å². The van der Waals surface area contributed by atoms with Gasteiger partial charge in [0.05, 0.1) is 0 Å². The smallest absolute Gasteiger partial charge is 0.0474 e. The minimum atomic E-state index is 0.535. The zero-order valence-electron chi connectivity index (χ0n) is 10.0. The molecule has 0 heterocycles. The van der Waals surface area contributed by atoms with Crippen LogP contribution in [-0.2, 0) is 15.4 Å². The lowest BCUT2D eigenvalue weighted by atomic mass is 10.2. The third-order valence-corrected chi connectivity index (χ3v) is 4.51. The van der Waals surface area contributed by atoms with Crippen molar-refractivity contribution in [3.8, 4) is 0 Å². The summed E-state index contributed by atoms with van der Waals surface area (Å²) >= 11 is 14.1. The van der Waals surface area contributed by atoms with Crippen LogP contribution in [0.4, 0.5) is 0 Å². The average molecular weight is 331 g/mol. The first-order valence-electron chi connectivity index (χ1n) is 5.63. The molecule has 0 amide bonds. The largest absolute Gasteiger partial charge is 0.237 e. The molecule has 19 heavy (non-hydrogen) atoms. The maximum absolute atomic E-state index is 5.74. The summed E-state index contributed by atoms with van der Waals surface area (Å²) in [7, 11) is 0. The number of benzene rings is 2. The van der Waals surface area contributed by atoms with Crippen molar-refractivity contribution in [1.29, 1.82) is 0 Å². The van der Waals surface area contributed by atoms with Crippen molar-refractivity contribution in [2.45, 2.75) is 21.6 Å². The fraction of sp³-hybridized carbons (Fsp3) is 0.143. The molecule has 0 atom stereocenters. The number of halogens is 2. The first kappa shape index (κ1) is 15.1. The molecule has 0 saturated heterocycles. The van der Waals surface area contributed by atoms with Crippen LogP contribution >= 0.6 is 47.3 Å². The summed E-state index contributed by atoms with van der Waals surface area (Å²) in [5.41, 5.74) is 2.21. The van der Waals surface area contributed by atoms with Crippen molar-refractivity contribution in [2.75, 3.05) is 0 Å². The van der Waals surface area contributed by atoms with E-state index in [4.69, 9.17) is 26.8 Å². The van der Waals surface area contributed by atoms with E-state index in [1.165, 1.54) is 24.1 Å². The summed E-state index contributed by atoms with van der Waals surface area (Å²) in [5, 5.41) is 0. The standard InChI is InChI=1S/C14H12Cl2OS2/c15-9-11-1-5-13(6-2-11)18-17-19-14-7-3-12(10-16)4-8-14/h1-8H,9-10H2. The maximum atomic E-state index is 5.74. The number of hydrogen-bond acceptors (Lipinski definition) is 3. The second-order valence-electron chi connectivity index (χ2n) is 3.79. The molecular formula is C14H12Cl2OS2. The van der Waals surface area contributed by atoms with Gasteiger partial charge in [0.15, 0.2) is 0 Å². The van der Waals surface area contributed by atoms with Gasteiger partial charge in [-0.25, -0.2) is 3.63 Å². The van der Waals surface area contributed by atoms with Gasteiger partial charge in [0.2, 0.25) is 0 Å². The molecule has 2 rings (SSSR count). The molecule has 0 aromatic heterocycles. The Morgan fingerprint density at radius 3 is 1.37 bits per heavy atom. The highest BCUT2D eigenvalue weighted by Gasteiger charge is 1.99. The van der Waals surface area contributed by atoms with E-state index in [9.17, 15) is 0 Å². The van der Waals surface area contributed by atoms with Crippen molar-refractivity contribution >= 4 is 47.3 Å². The monoisotopic (exact) mass is 330 g/mol. The highest BCUT2D eigenvalue weighted by Crippen LogP contribution is 2.30. The van der Waals surface area contributed by atoms with Gasteiger partial charge in [-0.1, -0.05) is 24.3 Å². The second-order valence-corrected chi connectivity index (χ2v) is 6.14. The van der Waals surface area contributed by atoms with Gasteiger partial charge in [-0.15, -0.1) is 23.2 Å². The van der Waals surface area contributed by atoms with Gasteiger partial charge in [-0.05, 0) is 35.4 Å². The average Bonchev–Trinajstić information content (AvgIpc) is 2.49. The molecular weight excluding hydrogens is 319 g/mol. The van der Waals surface area contributed by atoms with E-state index in [0.717, 1.165) is 20.9 Å². The Hall–Kier alpha value is -0.320. The zero-order chi connectivity index (χ0) is 13.5. The Kier molecular flexibility index (Phi) is 6.41. The molecule has 1 nitrogen and oxygen atoms in total.